The predicted molar refractivity (Wildman–Crippen MR) is 67.2 cm³/mol. The van der Waals surface area contributed by atoms with E-state index >= 15 is 0 Å². The Morgan fingerprint density at radius 3 is 2.94 bits per heavy atom. The van der Waals surface area contributed by atoms with E-state index in [-0.39, 0.29) is 12.2 Å². The van der Waals surface area contributed by atoms with E-state index < -0.39 is 0 Å². The topological polar surface area (TPSA) is 29.5 Å². The predicted octanol–water partition coefficient (Wildman–Crippen LogP) is 2.81. The van der Waals surface area contributed by atoms with E-state index in [4.69, 9.17) is 16.3 Å². The van der Waals surface area contributed by atoms with Gasteiger partial charge >= 0.3 is 0 Å². The normalized spacial score (nSPS) is 32.9. The van der Waals surface area contributed by atoms with Crippen LogP contribution in [0.4, 0.5) is 0 Å². The van der Waals surface area contributed by atoms with Crippen molar-refractivity contribution in [2.24, 2.45) is 5.92 Å². The molecule has 2 bridgehead atoms. The molecule has 3 rings (SSSR count). The lowest BCUT2D eigenvalue weighted by atomic mass is 9.83. The molecule has 1 aromatic rings. The SMILES string of the molecule is OC(Cc1cccc(Cl)c1)C1CC2CCC1O2. The van der Waals surface area contributed by atoms with Crippen molar-refractivity contribution in [1.29, 1.82) is 0 Å². The Labute approximate surface area is 107 Å². The van der Waals surface area contributed by atoms with Crippen molar-refractivity contribution in [3.8, 4) is 0 Å². The Morgan fingerprint density at radius 1 is 1.41 bits per heavy atom. The molecule has 2 heterocycles. The minimum atomic E-state index is -0.302. The third-order valence-corrected chi connectivity index (χ3v) is 4.22. The zero-order valence-corrected chi connectivity index (χ0v) is 10.4. The van der Waals surface area contributed by atoms with E-state index in [2.05, 4.69) is 0 Å². The highest BCUT2D eigenvalue weighted by Crippen LogP contribution is 2.41. The third-order valence-electron chi connectivity index (χ3n) is 3.98. The first-order chi connectivity index (χ1) is 8.22. The smallest absolute Gasteiger partial charge is 0.0634 e. The largest absolute Gasteiger partial charge is 0.392 e. The van der Waals surface area contributed by atoms with Crippen LogP contribution in [0.1, 0.15) is 24.8 Å². The monoisotopic (exact) mass is 252 g/mol. The number of ether oxygens (including phenoxy) is 1. The first-order valence-electron chi connectivity index (χ1n) is 6.30. The summed E-state index contributed by atoms with van der Waals surface area (Å²) >= 11 is 5.94. The molecule has 1 aromatic carbocycles. The second-order valence-corrected chi connectivity index (χ2v) is 5.61. The van der Waals surface area contributed by atoms with Crippen LogP contribution >= 0.6 is 11.6 Å². The molecule has 2 aliphatic heterocycles. The van der Waals surface area contributed by atoms with Gasteiger partial charge in [-0.2, -0.15) is 0 Å². The standard InChI is InChI=1S/C14H17ClO2/c15-10-3-1-2-9(6-10)7-13(16)12-8-11-4-5-14(12)17-11/h1-3,6,11-14,16H,4-5,7-8H2. The molecule has 2 fully saturated rings. The maximum absolute atomic E-state index is 10.3. The molecular formula is C14H17ClO2. The van der Waals surface area contributed by atoms with Crippen LogP contribution in [0, 0.1) is 5.92 Å². The van der Waals surface area contributed by atoms with Crippen molar-refractivity contribution in [2.75, 3.05) is 0 Å². The van der Waals surface area contributed by atoms with Gasteiger partial charge < -0.3 is 9.84 Å². The van der Waals surface area contributed by atoms with Gasteiger partial charge in [-0.25, -0.2) is 0 Å². The molecule has 92 valence electrons. The van der Waals surface area contributed by atoms with Crippen LogP contribution in [0.25, 0.3) is 0 Å². The average Bonchev–Trinajstić information content (AvgIpc) is 2.90. The highest BCUT2D eigenvalue weighted by atomic mass is 35.5. The Kier molecular flexibility index (Phi) is 3.12. The molecule has 4 atom stereocenters. The second-order valence-electron chi connectivity index (χ2n) is 5.17. The molecule has 2 aliphatic rings. The summed E-state index contributed by atoms with van der Waals surface area (Å²) in [4.78, 5) is 0. The summed E-state index contributed by atoms with van der Waals surface area (Å²) < 4.78 is 5.78. The summed E-state index contributed by atoms with van der Waals surface area (Å²) in [6.45, 7) is 0. The average molecular weight is 253 g/mol. The van der Waals surface area contributed by atoms with Crippen LogP contribution in [0.3, 0.4) is 0 Å². The van der Waals surface area contributed by atoms with Crippen molar-refractivity contribution in [3.05, 3.63) is 34.9 Å². The lowest BCUT2D eigenvalue weighted by Gasteiger charge is -2.24. The minimum absolute atomic E-state index is 0.286. The molecule has 0 amide bonds. The number of benzene rings is 1. The number of fused-ring (bicyclic) bond motifs is 2. The molecule has 0 saturated carbocycles. The summed E-state index contributed by atoms with van der Waals surface area (Å²) in [5.74, 6) is 0.313. The molecule has 1 N–H and O–H groups in total. The Morgan fingerprint density at radius 2 is 2.29 bits per heavy atom. The molecule has 17 heavy (non-hydrogen) atoms. The fourth-order valence-corrected chi connectivity index (χ4v) is 3.35. The fraction of sp³-hybridized carbons (Fsp3) is 0.571. The van der Waals surface area contributed by atoms with Crippen LogP contribution in [-0.2, 0) is 11.2 Å². The number of aliphatic hydroxyl groups excluding tert-OH is 1. The van der Waals surface area contributed by atoms with E-state index in [0.29, 0.717) is 18.4 Å². The zero-order chi connectivity index (χ0) is 11.8. The molecule has 2 saturated heterocycles. The maximum atomic E-state index is 10.3. The molecule has 0 aliphatic carbocycles. The quantitative estimate of drug-likeness (QED) is 0.897. The number of hydrogen-bond acceptors (Lipinski definition) is 2. The summed E-state index contributed by atoms with van der Waals surface area (Å²) in [7, 11) is 0. The molecule has 0 radical (unpaired) electrons. The Balaban J connectivity index is 1.65. The number of hydrogen-bond donors (Lipinski definition) is 1. The van der Waals surface area contributed by atoms with Gasteiger partial charge in [0.05, 0.1) is 18.3 Å². The molecule has 4 unspecified atom stereocenters. The summed E-state index contributed by atoms with van der Waals surface area (Å²) in [6.07, 6.45) is 4.37. The first-order valence-corrected chi connectivity index (χ1v) is 6.68. The Bertz CT molecular complexity index is 407. The van der Waals surface area contributed by atoms with E-state index in [0.717, 1.165) is 23.4 Å². The van der Waals surface area contributed by atoms with Crippen molar-refractivity contribution in [2.45, 2.75) is 44.0 Å². The van der Waals surface area contributed by atoms with Crippen molar-refractivity contribution >= 4 is 11.6 Å². The number of halogens is 1. The molecule has 3 heteroatoms. The van der Waals surface area contributed by atoms with Crippen LogP contribution < -0.4 is 0 Å². The third kappa shape index (κ3) is 2.35. The van der Waals surface area contributed by atoms with E-state index in [1.807, 2.05) is 24.3 Å². The van der Waals surface area contributed by atoms with Crippen molar-refractivity contribution in [1.82, 2.24) is 0 Å². The second kappa shape index (κ2) is 4.60. The van der Waals surface area contributed by atoms with Crippen molar-refractivity contribution < 1.29 is 9.84 Å². The van der Waals surface area contributed by atoms with Gasteiger partial charge in [0.1, 0.15) is 0 Å². The molecule has 0 aromatic heterocycles. The number of rotatable bonds is 3. The summed E-state index contributed by atoms with van der Waals surface area (Å²) in [5.41, 5.74) is 1.10. The van der Waals surface area contributed by atoms with Crippen molar-refractivity contribution in [3.63, 3.8) is 0 Å². The van der Waals surface area contributed by atoms with E-state index in [1.54, 1.807) is 0 Å². The van der Waals surface area contributed by atoms with Gasteiger partial charge in [-0.3, -0.25) is 0 Å². The van der Waals surface area contributed by atoms with Gasteiger partial charge in [0.25, 0.3) is 0 Å². The number of aliphatic hydroxyl groups is 1. The maximum Gasteiger partial charge on any atom is 0.0634 e. The summed E-state index contributed by atoms with van der Waals surface area (Å²) in [6, 6.07) is 7.74. The van der Waals surface area contributed by atoms with Gasteiger partial charge in [0.2, 0.25) is 0 Å². The van der Waals surface area contributed by atoms with Gasteiger partial charge in [-0.15, -0.1) is 0 Å². The first kappa shape index (κ1) is 11.5. The zero-order valence-electron chi connectivity index (χ0n) is 9.68. The van der Waals surface area contributed by atoms with Gasteiger partial charge in [0.15, 0.2) is 0 Å². The highest BCUT2D eigenvalue weighted by Gasteiger charge is 2.43. The fourth-order valence-electron chi connectivity index (χ4n) is 3.14. The molecule has 0 spiro atoms. The van der Waals surface area contributed by atoms with Crippen LogP contribution in [0.2, 0.25) is 5.02 Å². The minimum Gasteiger partial charge on any atom is -0.392 e. The lowest BCUT2D eigenvalue weighted by molar-refractivity contribution is 0.0432. The van der Waals surface area contributed by atoms with Gasteiger partial charge in [0, 0.05) is 10.9 Å². The van der Waals surface area contributed by atoms with Gasteiger partial charge in [-0.05, 0) is 43.4 Å². The molecule has 2 nitrogen and oxygen atoms in total. The van der Waals surface area contributed by atoms with Crippen LogP contribution in [0.15, 0.2) is 24.3 Å². The van der Waals surface area contributed by atoms with E-state index in [1.165, 1.54) is 6.42 Å². The lowest BCUT2D eigenvalue weighted by Crippen LogP contribution is -2.30. The van der Waals surface area contributed by atoms with E-state index in [9.17, 15) is 5.11 Å². The summed E-state index contributed by atoms with van der Waals surface area (Å²) in [5, 5.41) is 11.0. The Hall–Kier alpha value is -0.570. The van der Waals surface area contributed by atoms with Crippen LogP contribution in [-0.4, -0.2) is 23.4 Å². The molecular weight excluding hydrogens is 236 g/mol. The van der Waals surface area contributed by atoms with Crippen LogP contribution in [0.5, 0.6) is 0 Å². The highest BCUT2D eigenvalue weighted by molar-refractivity contribution is 6.30. The van der Waals surface area contributed by atoms with Gasteiger partial charge in [-0.1, -0.05) is 23.7 Å².